The van der Waals surface area contributed by atoms with Crippen LogP contribution in [0.5, 0.6) is 0 Å². The van der Waals surface area contributed by atoms with E-state index >= 15 is 0 Å². The van der Waals surface area contributed by atoms with Crippen LogP contribution in [0, 0.1) is 34.5 Å². The summed E-state index contributed by atoms with van der Waals surface area (Å²) in [5.41, 5.74) is 2.83. The number of hydrogen-bond acceptors (Lipinski definition) is 13. The summed E-state index contributed by atoms with van der Waals surface area (Å²) < 4.78 is 7.96. The largest absolute Gasteiger partial charge is 0.476 e. The van der Waals surface area contributed by atoms with Crippen molar-refractivity contribution in [2.24, 2.45) is 16.2 Å². The lowest BCUT2D eigenvalue weighted by Gasteiger charge is -2.69. The highest BCUT2D eigenvalue weighted by molar-refractivity contribution is 7.22. The van der Waals surface area contributed by atoms with E-state index in [2.05, 4.69) is 62.7 Å². The Morgan fingerprint density at radius 2 is 1.74 bits per heavy atom. The molecular formula is C43H55N9O4S. The van der Waals surface area contributed by atoms with Gasteiger partial charge in [0.15, 0.2) is 22.5 Å². The molecule has 2 atom stereocenters. The third-order valence-corrected chi connectivity index (χ3v) is 13.2. The van der Waals surface area contributed by atoms with Crippen molar-refractivity contribution in [3.05, 3.63) is 65.0 Å². The maximum absolute atomic E-state index is 12.7. The number of benzene rings is 1. The van der Waals surface area contributed by atoms with Crippen LogP contribution in [-0.4, -0.2) is 93.8 Å². The molecule has 4 aromatic rings. The third-order valence-electron chi connectivity index (χ3n) is 12.2. The number of unbranched alkanes of at least 4 members (excludes halogenated alkanes) is 1. The van der Waals surface area contributed by atoms with Crippen molar-refractivity contribution in [3.63, 3.8) is 0 Å². The molecule has 8 rings (SSSR count). The van der Waals surface area contributed by atoms with E-state index < -0.39 is 5.97 Å². The third kappa shape index (κ3) is 8.62. The number of allylic oxidation sites excluding steroid dienone is 2. The van der Waals surface area contributed by atoms with Crippen LogP contribution < -0.4 is 15.5 Å². The number of nitrogens with zero attached hydrogens (tertiary/aromatic N) is 7. The standard InChI is InChI=1S/C43H55N9O4S/c1-28-19-35(49-50-37(28)48-39-46-32-11-7-8-12-33(32)57-39)52(6)34-14-13-30(36(47-34)38(54)55)31(20-44)29(2)45-27-42-22-40(3)21-41(4,23-42)25-43(24-40,26-42)56-18-16-51(5)15-9-10-17-53/h7-8,11-14,19,45,53H,9-10,15-18,21-27H2,1-6H3,(H,54,55)(H,46,48,50)/b31-29+. The van der Waals surface area contributed by atoms with Crippen LogP contribution in [0.4, 0.5) is 22.6 Å². The van der Waals surface area contributed by atoms with E-state index in [1.165, 1.54) is 17.8 Å². The predicted molar refractivity (Wildman–Crippen MR) is 224 cm³/mol. The summed E-state index contributed by atoms with van der Waals surface area (Å²) in [5.74, 6) is 0.188. The van der Waals surface area contributed by atoms with Gasteiger partial charge in [-0.15, -0.1) is 10.2 Å². The average molecular weight is 794 g/mol. The summed E-state index contributed by atoms with van der Waals surface area (Å²) in [6.45, 7) is 12.0. The van der Waals surface area contributed by atoms with Gasteiger partial charge in [0.05, 0.1) is 28.0 Å². The van der Waals surface area contributed by atoms with E-state index in [9.17, 15) is 15.2 Å². The van der Waals surface area contributed by atoms with Gasteiger partial charge < -0.3 is 35.4 Å². The second kappa shape index (κ2) is 15.9. The Balaban J connectivity index is 1.06. The number of ether oxygens (including phenoxy) is 1. The molecule has 0 radical (unpaired) electrons. The van der Waals surface area contributed by atoms with Gasteiger partial charge in [0, 0.05) is 38.0 Å². The van der Waals surface area contributed by atoms with E-state index in [-0.39, 0.29) is 45.3 Å². The molecule has 3 heterocycles. The zero-order valence-electron chi connectivity index (χ0n) is 34.0. The molecule has 4 N–H and O–H groups in total. The van der Waals surface area contributed by atoms with Crippen LogP contribution in [0.25, 0.3) is 15.8 Å². The van der Waals surface area contributed by atoms with E-state index in [0.717, 1.165) is 73.8 Å². The average Bonchev–Trinajstić information content (AvgIpc) is 3.56. The SMILES string of the molecule is C/C(NCC12CC3(C)CC(C)(C1)CC(OCCN(C)CCCCO)(C3)C2)=C(/C#N)c1ccc(N(C)c2cc(C)c(Nc3nc4ccccc4s3)nn2)nc1C(=O)O. The van der Waals surface area contributed by atoms with Gasteiger partial charge in [0.25, 0.3) is 0 Å². The van der Waals surface area contributed by atoms with E-state index in [1.54, 1.807) is 24.1 Å². The van der Waals surface area contributed by atoms with Crippen LogP contribution in [0.1, 0.15) is 93.8 Å². The van der Waals surface area contributed by atoms with E-state index in [1.807, 2.05) is 44.2 Å². The minimum Gasteiger partial charge on any atom is -0.476 e. The Bertz CT molecular complexity index is 2160. The number of aliphatic hydroxyl groups excluding tert-OH is 1. The fraction of sp³-hybridized carbons (Fsp3) is 0.535. The molecule has 1 aromatic carbocycles. The minimum absolute atomic E-state index is 0.00776. The number of aromatic carboxylic acids is 1. The Morgan fingerprint density at radius 3 is 2.42 bits per heavy atom. The number of aryl methyl sites for hydroxylation is 1. The fourth-order valence-electron chi connectivity index (χ4n) is 10.9. The van der Waals surface area contributed by atoms with Crippen molar-refractivity contribution in [2.45, 2.75) is 84.7 Å². The fourth-order valence-corrected chi connectivity index (χ4v) is 11.7. The molecule has 2 unspecified atom stereocenters. The first-order valence-electron chi connectivity index (χ1n) is 19.9. The lowest BCUT2D eigenvalue weighted by atomic mass is 9.39. The zero-order valence-corrected chi connectivity index (χ0v) is 34.8. The van der Waals surface area contributed by atoms with E-state index in [4.69, 9.17) is 9.84 Å². The van der Waals surface area contributed by atoms with Crippen molar-refractivity contribution in [3.8, 4) is 6.07 Å². The van der Waals surface area contributed by atoms with Gasteiger partial charge in [-0.1, -0.05) is 37.3 Å². The number of likely N-dealkylation sites (N-methyl/N-ethyl adjacent to an activating group) is 1. The number of carboxylic acids is 1. The lowest BCUT2D eigenvalue weighted by molar-refractivity contribution is -0.243. The van der Waals surface area contributed by atoms with Crippen LogP contribution in [0.15, 0.2) is 48.2 Å². The second-order valence-corrected chi connectivity index (χ2v) is 18.7. The number of para-hydroxylation sites is 1. The van der Waals surface area contributed by atoms with Gasteiger partial charge >= 0.3 is 5.97 Å². The molecule has 3 aromatic heterocycles. The van der Waals surface area contributed by atoms with Gasteiger partial charge in [-0.2, -0.15) is 5.26 Å². The molecular weight excluding hydrogens is 739 g/mol. The maximum atomic E-state index is 12.7. The molecule has 13 nitrogen and oxygen atoms in total. The maximum Gasteiger partial charge on any atom is 0.355 e. The van der Waals surface area contributed by atoms with Crippen molar-refractivity contribution in [2.75, 3.05) is 57.2 Å². The number of thiazole rings is 1. The number of nitrogens with one attached hydrogen (secondary N) is 2. The first-order valence-corrected chi connectivity index (χ1v) is 20.7. The number of carboxylic acid groups (broad SMARTS) is 1. The Kier molecular flexibility index (Phi) is 11.3. The molecule has 302 valence electrons. The second-order valence-electron chi connectivity index (χ2n) is 17.7. The summed E-state index contributed by atoms with van der Waals surface area (Å²) in [5, 5.41) is 46.4. The van der Waals surface area contributed by atoms with Crippen molar-refractivity contribution in [1.29, 1.82) is 5.26 Å². The molecule has 0 aliphatic heterocycles. The smallest absolute Gasteiger partial charge is 0.355 e. The number of nitriles is 1. The number of rotatable bonds is 17. The first-order chi connectivity index (χ1) is 27.2. The van der Waals surface area contributed by atoms with Crippen LogP contribution in [0.3, 0.4) is 0 Å². The van der Waals surface area contributed by atoms with Gasteiger partial charge in [-0.3, -0.25) is 0 Å². The molecule has 4 bridgehead atoms. The highest BCUT2D eigenvalue weighted by Crippen LogP contribution is 2.71. The van der Waals surface area contributed by atoms with Gasteiger partial charge in [-0.25, -0.2) is 14.8 Å². The number of aromatic nitrogens is 4. The van der Waals surface area contributed by atoms with Gasteiger partial charge in [-0.05, 0) is 131 Å². The highest BCUT2D eigenvalue weighted by Gasteiger charge is 2.66. The molecule has 4 aliphatic rings. The van der Waals surface area contributed by atoms with Crippen molar-refractivity contribution < 1.29 is 19.7 Å². The summed E-state index contributed by atoms with van der Waals surface area (Å²) in [6.07, 6.45) is 8.26. The molecule has 14 heteroatoms. The normalized spacial score (nSPS) is 25.4. The molecule has 4 fully saturated rings. The molecule has 0 saturated heterocycles. The molecule has 0 spiro atoms. The summed E-state index contributed by atoms with van der Waals surface area (Å²) >= 11 is 1.53. The molecule has 4 saturated carbocycles. The quantitative estimate of drug-likeness (QED) is 0.0606. The lowest BCUT2D eigenvalue weighted by Crippen LogP contribution is -2.65. The zero-order chi connectivity index (χ0) is 40.6. The number of hydrogen-bond donors (Lipinski definition) is 4. The molecule has 0 amide bonds. The van der Waals surface area contributed by atoms with Crippen molar-refractivity contribution in [1.82, 2.24) is 30.4 Å². The first kappa shape index (κ1) is 40.5. The van der Waals surface area contributed by atoms with Gasteiger partial charge in [0.1, 0.15) is 11.9 Å². The highest BCUT2D eigenvalue weighted by atomic mass is 32.1. The Labute approximate surface area is 339 Å². The van der Waals surface area contributed by atoms with Gasteiger partial charge in [0.2, 0.25) is 0 Å². The number of carbonyl (C=O) groups is 1. The monoisotopic (exact) mass is 793 g/mol. The minimum atomic E-state index is -1.22. The van der Waals surface area contributed by atoms with Crippen LogP contribution >= 0.6 is 11.3 Å². The number of anilines is 4. The summed E-state index contributed by atoms with van der Waals surface area (Å²) in [7, 11) is 3.87. The summed E-state index contributed by atoms with van der Waals surface area (Å²) in [4.78, 5) is 25.8. The van der Waals surface area contributed by atoms with Crippen molar-refractivity contribution >= 4 is 55.7 Å². The Morgan fingerprint density at radius 1 is 0.982 bits per heavy atom. The number of pyridine rings is 1. The predicted octanol–water partition coefficient (Wildman–Crippen LogP) is 7.68. The van der Waals surface area contributed by atoms with E-state index in [0.29, 0.717) is 41.4 Å². The number of fused-ring (bicyclic) bond motifs is 1. The van der Waals surface area contributed by atoms with Crippen LogP contribution in [-0.2, 0) is 4.74 Å². The topological polar surface area (TPSA) is 173 Å². The molecule has 57 heavy (non-hydrogen) atoms. The molecule has 4 aliphatic carbocycles. The Hall–Kier alpha value is -4.68. The summed E-state index contributed by atoms with van der Waals surface area (Å²) in [6, 6.07) is 15.4. The number of aliphatic hydroxyl groups is 1. The van der Waals surface area contributed by atoms with Crippen LogP contribution in [0.2, 0.25) is 0 Å².